The van der Waals surface area contributed by atoms with Crippen molar-refractivity contribution in [2.24, 2.45) is 5.73 Å². The van der Waals surface area contributed by atoms with Crippen LogP contribution in [0.15, 0.2) is 60.9 Å². The molecule has 4 rings (SSSR count). The van der Waals surface area contributed by atoms with E-state index < -0.39 is 0 Å². The smallest absolute Gasteiger partial charge is 0.138 e. The summed E-state index contributed by atoms with van der Waals surface area (Å²) in [7, 11) is 0. The molecule has 1 atom stereocenters. The van der Waals surface area contributed by atoms with Crippen LogP contribution in [0.4, 0.5) is 0 Å². The number of aryl methyl sites for hydroxylation is 1. The van der Waals surface area contributed by atoms with Crippen molar-refractivity contribution in [1.82, 2.24) is 15.2 Å². The van der Waals surface area contributed by atoms with Crippen LogP contribution < -0.4 is 10.5 Å². The Morgan fingerprint density at radius 2 is 1.77 bits per heavy atom. The SMILES string of the molecule is Cc1[nH]nc2ccc(-c3cncc(OCC(N)Cc4ccc(C(C)(C)C)cc4)c3)cc12. The maximum absolute atomic E-state index is 6.34. The number of rotatable bonds is 6. The van der Waals surface area contributed by atoms with Crippen molar-refractivity contribution < 1.29 is 4.74 Å². The van der Waals surface area contributed by atoms with Gasteiger partial charge in [0, 0.05) is 28.9 Å². The zero-order valence-corrected chi connectivity index (χ0v) is 18.6. The first-order valence-corrected chi connectivity index (χ1v) is 10.7. The third kappa shape index (κ3) is 4.94. The monoisotopic (exact) mass is 414 g/mol. The van der Waals surface area contributed by atoms with Gasteiger partial charge >= 0.3 is 0 Å². The minimum absolute atomic E-state index is 0.0888. The number of ether oxygens (including phenoxy) is 1. The lowest BCUT2D eigenvalue weighted by molar-refractivity contribution is 0.286. The van der Waals surface area contributed by atoms with Crippen molar-refractivity contribution in [2.45, 2.75) is 45.6 Å². The van der Waals surface area contributed by atoms with Gasteiger partial charge < -0.3 is 10.5 Å². The first-order valence-electron chi connectivity index (χ1n) is 10.7. The number of aromatic nitrogens is 3. The zero-order valence-electron chi connectivity index (χ0n) is 18.6. The van der Waals surface area contributed by atoms with Gasteiger partial charge in [-0.15, -0.1) is 0 Å². The van der Waals surface area contributed by atoms with Crippen LogP contribution in [-0.4, -0.2) is 27.8 Å². The maximum atomic E-state index is 6.34. The van der Waals surface area contributed by atoms with Crippen molar-refractivity contribution in [1.29, 1.82) is 0 Å². The molecule has 5 heteroatoms. The van der Waals surface area contributed by atoms with Gasteiger partial charge in [-0.2, -0.15) is 5.10 Å². The highest BCUT2D eigenvalue weighted by Gasteiger charge is 2.14. The summed E-state index contributed by atoms with van der Waals surface area (Å²) in [6.07, 6.45) is 4.35. The number of H-pyrrole nitrogens is 1. The number of hydrogen-bond acceptors (Lipinski definition) is 4. The molecule has 3 N–H and O–H groups in total. The molecule has 0 aliphatic heterocycles. The number of aromatic amines is 1. The number of nitrogens with two attached hydrogens (primary N) is 1. The van der Waals surface area contributed by atoms with Crippen molar-refractivity contribution in [3.63, 3.8) is 0 Å². The van der Waals surface area contributed by atoms with Crippen LogP contribution in [0.1, 0.15) is 37.6 Å². The Balaban J connectivity index is 1.40. The molecule has 2 heterocycles. The minimum atomic E-state index is -0.0888. The van der Waals surface area contributed by atoms with Gasteiger partial charge in [0.1, 0.15) is 12.4 Å². The van der Waals surface area contributed by atoms with E-state index in [9.17, 15) is 0 Å². The standard InChI is InChI=1S/C26H30N4O/c1-17-24-13-19(7-10-25(24)30-29-17)20-12-23(15-28-14-20)31-16-22(27)11-18-5-8-21(9-6-18)26(2,3)4/h5-10,12-15,22H,11,16,27H2,1-4H3,(H,29,30). The molecule has 31 heavy (non-hydrogen) atoms. The Morgan fingerprint density at radius 1 is 1.00 bits per heavy atom. The third-order valence-corrected chi connectivity index (χ3v) is 5.57. The van der Waals surface area contributed by atoms with Gasteiger partial charge in [-0.3, -0.25) is 10.1 Å². The van der Waals surface area contributed by atoms with Gasteiger partial charge in [0.25, 0.3) is 0 Å². The average Bonchev–Trinajstić information content (AvgIpc) is 3.12. The Labute approximate surface area is 183 Å². The molecule has 5 nitrogen and oxygen atoms in total. The number of fused-ring (bicyclic) bond motifs is 1. The van der Waals surface area contributed by atoms with Crippen LogP contribution in [0.5, 0.6) is 5.75 Å². The molecule has 0 saturated carbocycles. The Hall–Kier alpha value is -3.18. The number of nitrogens with one attached hydrogen (secondary N) is 1. The Morgan fingerprint density at radius 3 is 2.52 bits per heavy atom. The normalized spacial score (nSPS) is 12.8. The zero-order chi connectivity index (χ0) is 22.0. The summed E-state index contributed by atoms with van der Waals surface area (Å²) < 4.78 is 5.97. The number of pyridine rings is 1. The molecule has 0 fully saturated rings. The van der Waals surface area contributed by atoms with Gasteiger partial charge in [-0.25, -0.2) is 0 Å². The van der Waals surface area contributed by atoms with E-state index >= 15 is 0 Å². The van der Waals surface area contributed by atoms with Crippen LogP contribution >= 0.6 is 0 Å². The average molecular weight is 415 g/mol. The summed E-state index contributed by atoms with van der Waals surface area (Å²) in [5.74, 6) is 0.722. The second-order valence-electron chi connectivity index (χ2n) is 9.21. The molecule has 0 aliphatic carbocycles. The number of hydrogen-bond donors (Lipinski definition) is 2. The molecule has 1 unspecified atom stereocenters. The predicted molar refractivity (Wildman–Crippen MR) is 126 cm³/mol. The summed E-state index contributed by atoms with van der Waals surface area (Å²) >= 11 is 0. The molecule has 0 amide bonds. The van der Waals surface area contributed by atoms with E-state index in [2.05, 4.69) is 72.4 Å². The van der Waals surface area contributed by atoms with Crippen LogP contribution in [0.3, 0.4) is 0 Å². The topological polar surface area (TPSA) is 76.8 Å². The highest BCUT2D eigenvalue weighted by Crippen LogP contribution is 2.27. The van der Waals surface area contributed by atoms with Crippen LogP contribution in [0, 0.1) is 6.92 Å². The molecule has 4 aromatic rings. The molecule has 0 radical (unpaired) electrons. The molecule has 0 saturated heterocycles. The van der Waals surface area contributed by atoms with E-state index in [4.69, 9.17) is 10.5 Å². The molecule has 160 valence electrons. The second kappa shape index (κ2) is 8.52. The van der Waals surface area contributed by atoms with E-state index in [1.54, 1.807) is 6.20 Å². The molecule has 2 aromatic heterocycles. The first kappa shape index (κ1) is 21.1. The van der Waals surface area contributed by atoms with Crippen molar-refractivity contribution in [3.8, 4) is 16.9 Å². The highest BCUT2D eigenvalue weighted by molar-refractivity contribution is 5.86. The summed E-state index contributed by atoms with van der Waals surface area (Å²) in [4.78, 5) is 4.36. The highest BCUT2D eigenvalue weighted by atomic mass is 16.5. The predicted octanol–water partition coefficient (Wildman–Crippen LogP) is 5.18. The van der Waals surface area contributed by atoms with E-state index in [-0.39, 0.29) is 11.5 Å². The Bertz CT molecular complexity index is 1170. The van der Waals surface area contributed by atoms with Gasteiger partial charge in [0.05, 0.1) is 11.7 Å². The number of benzene rings is 2. The molecule has 0 spiro atoms. The molecule has 0 aliphatic rings. The van der Waals surface area contributed by atoms with E-state index in [0.717, 1.165) is 39.9 Å². The van der Waals surface area contributed by atoms with Crippen LogP contribution in [-0.2, 0) is 11.8 Å². The van der Waals surface area contributed by atoms with Crippen LogP contribution in [0.2, 0.25) is 0 Å². The molecular weight excluding hydrogens is 384 g/mol. The molecular formula is C26H30N4O. The second-order valence-corrected chi connectivity index (χ2v) is 9.21. The van der Waals surface area contributed by atoms with Gasteiger partial charge in [0.15, 0.2) is 0 Å². The lowest BCUT2D eigenvalue weighted by atomic mass is 9.86. The minimum Gasteiger partial charge on any atom is -0.490 e. The fourth-order valence-corrected chi connectivity index (χ4v) is 3.68. The fraction of sp³-hybridized carbons (Fsp3) is 0.308. The van der Waals surface area contributed by atoms with Gasteiger partial charge in [0.2, 0.25) is 0 Å². The lowest BCUT2D eigenvalue weighted by Crippen LogP contribution is -2.30. The molecule has 2 aromatic carbocycles. The van der Waals surface area contributed by atoms with E-state index in [1.165, 1.54) is 11.1 Å². The van der Waals surface area contributed by atoms with Gasteiger partial charge in [-0.1, -0.05) is 51.1 Å². The Kier molecular flexibility index (Phi) is 5.79. The number of nitrogens with zero attached hydrogens (tertiary/aromatic N) is 2. The summed E-state index contributed by atoms with van der Waals surface area (Å²) in [6, 6.07) is 16.8. The summed E-state index contributed by atoms with van der Waals surface area (Å²) in [5.41, 5.74) is 13.1. The van der Waals surface area contributed by atoms with Crippen molar-refractivity contribution >= 4 is 10.9 Å². The molecule has 0 bridgehead atoms. The fourth-order valence-electron chi connectivity index (χ4n) is 3.68. The van der Waals surface area contributed by atoms with Crippen molar-refractivity contribution in [2.75, 3.05) is 6.61 Å². The van der Waals surface area contributed by atoms with Crippen LogP contribution in [0.25, 0.3) is 22.0 Å². The van der Waals surface area contributed by atoms with Gasteiger partial charge in [-0.05, 0) is 53.6 Å². The summed E-state index contributed by atoms with van der Waals surface area (Å²) in [6.45, 7) is 9.12. The lowest BCUT2D eigenvalue weighted by Gasteiger charge is -2.19. The quantitative estimate of drug-likeness (QED) is 0.456. The first-order chi connectivity index (χ1) is 14.8. The maximum Gasteiger partial charge on any atom is 0.138 e. The summed E-state index contributed by atoms with van der Waals surface area (Å²) in [5, 5.41) is 8.43. The van der Waals surface area contributed by atoms with E-state index in [0.29, 0.717) is 6.61 Å². The van der Waals surface area contributed by atoms with E-state index in [1.807, 2.05) is 25.3 Å². The largest absolute Gasteiger partial charge is 0.490 e. The van der Waals surface area contributed by atoms with Crippen molar-refractivity contribution in [3.05, 3.63) is 77.7 Å². The third-order valence-electron chi connectivity index (χ3n) is 5.57.